The SMILES string of the molecule is CC(=O)Nc1ccc2c(c1)CC1(C(=O)N(C)C(=O)N(C)C1=O)[C@@H]1CN(c3ccccc3F)CCN21. The third kappa shape index (κ3) is 3.35. The first-order chi connectivity index (χ1) is 16.6. The Balaban J connectivity index is 1.65. The van der Waals surface area contributed by atoms with E-state index in [1.165, 1.54) is 27.1 Å². The second kappa shape index (κ2) is 8.07. The molecule has 9 nitrogen and oxygen atoms in total. The Morgan fingerprint density at radius 2 is 1.69 bits per heavy atom. The molecule has 0 aliphatic carbocycles. The Morgan fingerprint density at radius 3 is 2.34 bits per heavy atom. The van der Waals surface area contributed by atoms with Crippen molar-refractivity contribution in [2.45, 2.75) is 19.4 Å². The molecule has 2 aromatic carbocycles. The lowest BCUT2D eigenvalue weighted by Crippen LogP contribution is -2.74. The summed E-state index contributed by atoms with van der Waals surface area (Å²) in [4.78, 5) is 57.6. The van der Waals surface area contributed by atoms with Crippen molar-refractivity contribution < 1.29 is 23.6 Å². The minimum absolute atomic E-state index is 0.0572. The summed E-state index contributed by atoms with van der Waals surface area (Å²) in [5.74, 6) is -1.77. The Kier molecular flexibility index (Phi) is 5.26. The fraction of sp³-hybridized carbons (Fsp3) is 0.360. The minimum Gasteiger partial charge on any atom is -0.365 e. The van der Waals surface area contributed by atoms with Gasteiger partial charge in [-0.15, -0.1) is 0 Å². The summed E-state index contributed by atoms with van der Waals surface area (Å²) in [7, 11) is 2.75. The fourth-order valence-electron chi connectivity index (χ4n) is 5.65. The molecule has 5 amide bonds. The predicted octanol–water partition coefficient (Wildman–Crippen LogP) is 2.07. The number of benzene rings is 2. The van der Waals surface area contributed by atoms with E-state index in [9.17, 15) is 23.6 Å². The van der Waals surface area contributed by atoms with Crippen molar-refractivity contribution in [3.63, 3.8) is 0 Å². The molecule has 3 aliphatic heterocycles. The normalized spacial score (nSPS) is 21.3. The van der Waals surface area contributed by atoms with Crippen molar-refractivity contribution >= 4 is 40.8 Å². The Morgan fingerprint density at radius 1 is 1.00 bits per heavy atom. The molecule has 0 saturated carbocycles. The molecule has 0 bridgehead atoms. The van der Waals surface area contributed by atoms with Gasteiger partial charge in [-0.3, -0.25) is 24.2 Å². The molecule has 35 heavy (non-hydrogen) atoms. The third-order valence-corrected chi connectivity index (χ3v) is 7.27. The Hall–Kier alpha value is -3.95. The van der Waals surface area contributed by atoms with Crippen LogP contribution < -0.4 is 15.1 Å². The summed E-state index contributed by atoms with van der Waals surface area (Å²) in [6.07, 6.45) is 0.0572. The number of anilines is 3. The second-order valence-corrected chi connectivity index (χ2v) is 9.29. The summed E-state index contributed by atoms with van der Waals surface area (Å²) >= 11 is 0. The van der Waals surface area contributed by atoms with Crippen molar-refractivity contribution in [3.05, 3.63) is 53.8 Å². The van der Waals surface area contributed by atoms with Crippen LogP contribution in [0.1, 0.15) is 12.5 Å². The first kappa shape index (κ1) is 22.8. The molecular weight excluding hydrogens is 453 g/mol. The maximum Gasteiger partial charge on any atom is 0.332 e. The van der Waals surface area contributed by atoms with Gasteiger partial charge in [-0.05, 0) is 42.3 Å². The minimum atomic E-state index is -1.58. The van der Waals surface area contributed by atoms with Crippen molar-refractivity contribution in [2.75, 3.05) is 48.8 Å². The first-order valence-corrected chi connectivity index (χ1v) is 11.4. The molecule has 2 saturated heterocycles. The summed E-state index contributed by atoms with van der Waals surface area (Å²) in [5.41, 5.74) is 0.963. The number of piperazine rings is 1. The average molecular weight is 480 g/mol. The van der Waals surface area contributed by atoms with Crippen LogP contribution >= 0.6 is 0 Å². The highest BCUT2D eigenvalue weighted by molar-refractivity contribution is 6.20. The molecule has 3 heterocycles. The third-order valence-electron chi connectivity index (χ3n) is 7.27. The van der Waals surface area contributed by atoms with E-state index >= 15 is 0 Å². The number of nitrogens with zero attached hydrogens (tertiary/aromatic N) is 4. The molecule has 0 aromatic heterocycles. The van der Waals surface area contributed by atoms with Gasteiger partial charge in [-0.1, -0.05) is 12.1 Å². The molecule has 1 N–H and O–H groups in total. The van der Waals surface area contributed by atoms with Crippen molar-refractivity contribution in [1.82, 2.24) is 9.80 Å². The zero-order chi connectivity index (χ0) is 25.1. The maximum atomic E-state index is 14.7. The topological polar surface area (TPSA) is 93.3 Å². The lowest BCUT2D eigenvalue weighted by atomic mass is 9.67. The number of barbiturate groups is 1. The van der Waals surface area contributed by atoms with Crippen LogP contribution in [0.15, 0.2) is 42.5 Å². The van der Waals surface area contributed by atoms with Gasteiger partial charge in [-0.25, -0.2) is 9.18 Å². The number of fused-ring (bicyclic) bond motifs is 4. The van der Waals surface area contributed by atoms with Gasteiger partial charge in [0.15, 0.2) is 5.41 Å². The number of amides is 5. The van der Waals surface area contributed by atoms with Crippen LogP contribution in [-0.2, 0) is 20.8 Å². The number of halogens is 1. The van der Waals surface area contributed by atoms with Crippen molar-refractivity contribution in [1.29, 1.82) is 0 Å². The zero-order valence-electron chi connectivity index (χ0n) is 19.7. The maximum absolute atomic E-state index is 14.7. The molecule has 1 atom stereocenters. The number of carbonyl (C=O) groups is 4. The van der Waals surface area contributed by atoms with Gasteiger partial charge in [0.2, 0.25) is 17.7 Å². The van der Waals surface area contributed by atoms with Gasteiger partial charge >= 0.3 is 6.03 Å². The quantitative estimate of drug-likeness (QED) is 0.663. The first-order valence-electron chi connectivity index (χ1n) is 11.4. The smallest absolute Gasteiger partial charge is 0.332 e. The van der Waals surface area contributed by atoms with E-state index < -0.39 is 29.3 Å². The number of nitrogens with one attached hydrogen (secondary N) is 1. The summed E-state index contributed by atoms with van der Waals surface area (Å²) < 4.78 is 14.7. The number of carbonyl (C=O) groups excluding carboxylic acids is 4. The average Bonchev–Trinajstić information content (AvgIpc) is 2.84. The molecule has 182 valence electrons. The van der Waals surface area contributed by atoms with Gasteiger partial charge < -0.3 is 15.1 Å². The van der Waals surface area contributed by atoms with Crippen LogP contribution in [0.2, 0.25) is 0 Å². The van der Waals surface area contributed by atoms with Crippen molar-refractivity contribution in [2.24, 2.45) is 5.41 Å². The summed E-state index contributed by atoms with van der Waals surface area (Å²) in [6, 6.07) is 10.5. The number of imide groups is 2. The Labute approximate surface area is 202 Å². The molecular formula is C25H26FN5O4. The van der Waals surface area contributed by atoms with E-state index in [1.54, 1.807) is 30.3 Å². The van der Waals surface area contributed by atoms with E-state index in [0.717, 1.165) is 21.1 Å². The molecule has 3 aliphatic rings. The zero-order valence-corrected chi connectivity index (χ0v) is 19.7. The van der Waals surface area contributed by atoms with Crippen LogP contribution in [0, 0.1) is 11.2 Å². The highest BCUT2D eigenvalue weighted by atomic mass is 19.1. The van der Waals surface area contributed by atoms with Gasteiger partial charge in [0.1, 0.15) is 5.82 Å². The van der Waals surface area contributed by atoms with Crippen molar-refractivity contribution in [3.8, 4) is 0 Å². The highest BCUT2D eigenvalue weighted by Crippen LogP contribution is 2.47. The van der Waals surface area contributed by atoms with Gasteiger partial charge in [0.25, 0.3) is 0 Å². The van der Waals surface area contributed by atoms with Crippen LogP contribution in [0.3, 0.4) is 0 Å². The van der Waals surface area contributed by atoms with Gasteiger partial charge in [0.05, 0.1) is 11.7 Å². The van der Waals surface area contributed by atoms with Crippen LogP contribution in [0.25, 0.3) is 0 Å². The largest absolute Gasteiger partial charge is 0.365 e. The number of hydrogen-bond donors (Lipinski definition) is 1. The van der Waals surface area contributed by atoms with E-state index in [0.29, 0.717) is 24.5 Å². The van der Waals surface area contributed by atoms with Gasteiger partial charge in [0, 0.05) is 52.0 Å². The molecule has 5 rings (SSSR count). The molecule has 2 aromatic rings. The van der Waals surface area contributed by atoms with E-state index in [-0.39, 0.29) is 24.7 Å². The van der Waals surface area contributed by atoms with Crippen LogP contribution in [0.5, 0.6) is 0 Å². The fourth-order valence-corrected chi connectivity index (χ4v) is 5.65. The van der Waals surface area contributed by atoms with Gasteiger partial charge in [-0.2, -0.15) is 0 Å². The Bertz CT molecular complexity index is 1240. The second-order valence-electron chi connectivity index (χ2n) is 9.29. The van der Waals surface area contributed by atoms with Crippen LogP contribution in [-0.4, -0.2) is 73.3 Å². The molecule has 0 unspecified atom stereocenters. The molecule has 1 spiro atoms. The molecule has 10 heteroatoms. The number of rotatable bonds is 2. The highest BCUT2D eigenvalue weighted by Gasteiger charge is 2.64. The number of urea groups is 1. The standard InChI is InChI=1S/C25H26FN5O4/c1-15(32)27-17-8-9-19-16(12-17)13-25(22(33)28(2)24(35)29(3)23(25)34)21-14-30(10-11-31(19)21)20-7-5-4-6-18(20)26/h4-9,12,21H,10-11,13-14H2,1-3H3,(H,27,32)/t21-/m0/s1. The van der Waals surface area contributed by atoms with E-state index in [2.05, 4.69) is 5.32 Å². The van der Waals surface area contributed by atoms with E-state index in [1.807, 2.05) is 15.9 Å². The number of para-hydroxylation sites is 1. The lowest BCUT2D eigenvalue weighted by Gasteiger charge is -2.56. The molecule has 2 fully saturated rings. The number of hydrogen-bond acceptors (Lipinski definition) is 6. The molecule has 0 radical (unpaired) electrons. The summed E-state index contributed by atoms with van der Waals surface area (Å²) in [6.45, 7) is 2.55. The monoisotopic (exact) mass is 479 g/mol. The predicted molar refractivity (Wildman–Crippen MR) is 128 cm³/mol. The lowest BCUT2D eigenvalue weighted by molar-refractivity contribution is -0.159. The van der Waals surface area contributed by atoms with Crippen LogP contribution in [0.4, 0.5) is 26.2 Å². The van der Waals surface area contributed by atoms with E-state index in [4.69, 9.17) is 0 Å². The summed E-state index contributed by atoms with van der Waals surface area (Å²) in [5, 5.41) is 2.75.